The number of nitrogens with two attached hydrogens (primary N) is 1. The average molecular weight is 315 g/mol. The Morgan fingerprint density at radius 1 is 1.39 bits per heavy atom. The summed E-state index contributed by atoms with van der Waals surface area (Å²) in [7, 11) is 0. The van der Waals surface area contributed by atoms with Crippen molar-refractivity contribution in [3.63, 3.8) is 0 Å². The number of rotatable bonds is 4. The van der Waals surface area contributed by atoms with Crippen LogP contribution in [0.5, 0.6) is 0 Å². The standard InChI is InChI=1S/C12H15BrN2O3/c1-6(2)10(14)11(16)15-9-4-3-7(12(17)18)5-8(9)13/h3-6,10H,14H2,1-2H3,(H,15,16)(H,17,18)/t10-/m0/s1. The molecule has 1 amide bonds. The number of nitrogens with one attached hydrogen (secondary N) is 1. The minimum absolute atomic E-state index is 0.0297. The maximum atomic E-state index is 11.8. The summed E-state index contributed by atoms with van der Waals surface area (Å²) in [5.74, 6) is -1.29. The van der Waals surface area contributed by atoms with Gasteiger partial charge in [-0.15, -0.1) is 0 Å². The van der Waals surface area contributed by atoms with Gasteiger partial charge >= 0.3 is 5.97 Å². The van der Waals surface area contributed by atoms with Gasteiger partial charge in [0.2, 0.25) is 5.91 Å². The molecule has 1 rings (SSSR count). The van der Waals surface area contributed by atoms with Crippen LogP contribution in [-0.4, -0.2) is 23.0 Å². The molecule has 0 bridgehead atoms. The third-order valence-electron chi connectivity index (χ3n) is 2.49. The number of hydrogen-bond donors (Lipinski definition) is 3. The van der Waals surface area contributed by atoms with Gasteiger partial charge in [0, 0.05) is 4.47 Å². The summed E-state index contributed by atoms with van der Waals surface area (Å²) < 4.78 is 0.506. The molecular formula is C12H15BrN2O3. The summed E-state index contributed by atoms with van der Waals surface area (Å²) in [6.45, 7) is 3.71. The maximum Gasteiger partial charge on any atom is 0.335 e. The Kier molecular flexibility index (Phi) is 4.86. The fourth-order valence-corrected chi connectivity index (χ4v) is 1.75. The van der Waals surface area contributed by atoms with Crippen molar-refractivity contribution < 1.29 is 14.7 Å². The smallest absolute Gasteiger partial charge is 0.335 e. The molecule has 1 aromatic carbocycles. The van der Waals surface area contributed by atoms with Crippen LogP contribution in [0.1, 0.15) is 24.2 Å². The first-order chi connectivity index (χ1) is 8.32. The third-order valence-corrected chi connectivity index (χ3v) is 3.15. The van der Waals surface area contributed by atoms with Gasteiger partial charge in [0.25, 0.3) is 0 Å². The van der Waals surface area contributed by atoms with Gasteiger partial charge in [-0.1, -0.05) is 13.8 Å². The molecule has 0 saturated heterocycles. The molecule has 1 aromatic rings. The minimum atomic E-state index is -1.02. The molecule has 0 spiro atoms. The summed E-state index contributed by atoms with van der Waals surface area (Å²) in [5, 5.41) is 11.5. The van der Waals surface area contributed by atoms with Crippen LogP contribution in [-0.2, 0) is 4.79 Å². The molecule has 0 heterocycles. The van der Waals surface area contributed by atoms with Crippen molar-refractivity contribution in [1.82, 2.24) is 0 Å². The first-order valence-electron chi connectivity index (χ1n) is 5.42. The Hall–Kier alpha value is -1.40. The zero-order valence-corrected chi connectivity index (χ0v) is 11.7. The monoisotopic (exact) mass is 314 g/mol. The molecule has 0 aliphatic heterocycles. The molecule has 0 aliphatic carbocycles. The van der Waals surface area contributed by atoms with E-state index in [1.807, 2.05) is 13.8 Å². The fourth-order valence-electron chi connectivity index (χ4n) is 1.27. The van der Waals surface area contributed by atoms with E-state index >= 15 is 0 Å². The Balaban J connectivity index is 2.86. The zero-order valence-electron chi connectivity index (χ0n) is 10.1. The second-order valence-corrected chi connectivity index (χ2v) is 5.11. The van der Waals surface area contributed by atoms with Crippen molar-refractivity contribution in [2.75, 3.05) is 5.32 Å². The molecule has 1 atom stereocenters. The van der Waals surface area contributed by atoms with Crippen molar-refractivity contribution in [2.45, 2.75) is 19.9 Å². The highest BCUT2D eigenvalue weighted by atomic mass is 79.9. The molecule has 0 saturated carbocycles. The minimum Gasteiger partial charge on any atom is -0.478 e. The van der Waals surface area contributed by atoms with E-state index < -0.39 is 12.0 Å². The number of hydrogen-bond acceptors (Lipinski definition) is 3. The molecule has 18 heavy (non-hydrogen) atoms. The second-order valence-electron chi connectivity index (χ2n) is 4.26. The van der Waals surface area contributed by atoms with Gasteiger partial charge in [-0.05, 0) is 40.0 Å². The van der Waals surface area contributed by atoms with Crippen LogP contribution in [0.2, 0.25) is 0 Å². The Morgan fingerprint density at radius 2 is 2.00 bits per heavy atom. The molecule has 98 valence electrons. The summed E-state index contributed by atoms with van der Waals surface area (Å²) in [6, 6.07) is 3.78. The van der Waals surface area contributed by atoms with E-state index in [1.54, 1.807) is 0 Å². The van der Waals surface area contributed by atoms with Gasteiger partial charge in [0.15, 0.2) is 0 Å². The van der Waals surface area contributed by atoms with E-state index in [2.05, 4.69) is 21.2 Å². The van der Waals surface area contributed by atoms with Crippen LogP contribution in [0.3, 0.4) is 0 Å². The third kappa shape index (κ3) is 3.54. The summed E-state index contributed by atoms with van der Waals surface area (Å²) >= 11 is 3.21. The molecule has 0 fully saturated rings. The maximum absolute atomic E-state index is 11.8. The van der Waals surface area contributed by atoms with Gasteiger partial charge in [0.1, 0.15) is 0 Å². The lowest BCUT2D eigenvalue weighted by Gasteiger charge is -2.16. The Morgan fingerprint density at radius 3 is 2.44 bits per heavy atom. The highest BCUT2D eigenvalue weighted by Gasteiger charge is 2.18. The zero-order chi connectivity index (χ0) is 13.9. The molecule has 0 radical (unpaired) electrons. The van der Waals surface area contributed by atoms with Crippen molar-refractivity contribution in [1.29, 1.82) is 0 Å². The van der Waals surface area contributed by atoms with E-state index in [4.69, 9.17) is 10.8 Å². The number of anilines is 1. The van der Waals surface area contributed by atoms with Crippen LogP contribution in [0.4, 0.5) is 5.69 Å². The molecule has 5 nitrogen and oxygen atoms in total. The van der Waals surface area contributed by atoms with Crippen molar-refractivity contribution >= 4 is 33.5 Å². The van der Waals surface area contributed by atoms with E-state index in [-0.39, 0.29) is 17.4 Å². The molecule has 0 unspecified atom stereocenters. The Bertz CT molecular complexity index is 474. The number of amides is 1. The number of aromatic carboxylic acids is 1. The lowest BCUT2D eigenvalue weighted by molar-refractivity contribution is -0.118. The molecule has 6 heteroatoms. The number of carbonyl (C=O) groups excluding carboxylic acids is 1. The van der Waals surface area contributed by atoms with Gasteiger partial charge < -0.3 is 16.2 Å². The number of carboxylic acids is 1. The lowest BCUT2D eigenvalue weighted by atomic mass is 10.0. The predicted octanol–water partition coefficient (Wildman–Crippen LogP) is 2.07. The number of benzene rings is 1. The van der Waals surface area contributed by atoms with Crippen molar-refractivity contribution in [3.8, 4) is 0 Å². The van der Waals surface area contributed by atoms with Crippen LogP contribution >= 0.6 is 15.9 Å². The van der Waals surface area contributed by atoms with E-state index in [9.17, 15) is 9.59 Å². The van der Waals surface area contributed by atoms with Crippen LogP contribution < -0.4 is 11.1 Å². The first kappa shape index (κ1) is 14.7. The predicted molar refractivity (Wildman–Crippen MR) is 72.5 cm³/mol. The van der Waals surface area contributed by atoms with Gasteiger partial charge in [0.05, 0.1) is 17.3 Å². The van der Waals surface area contributed by atoms with E-state index in [1.165, 1.54) is 18.2 Å². The number of halogens is 1. The quantitative estimate of drug-likeness (QED) is 0.793. The SMILES string of the molecule is CC(C)[C@H](N)C(=O)Nc1ccc(C(=O)O)cc1Br. The Labute approximate surface area is 113 Å². The average Bonchev–Trinajstić information content (AvgIpc) is 2.30. The first-order valence-corrected chi connectivity index (χ1v) is 6.21. The van der Waals surface area contributed by atoms with Crippen LogP contribution in [0, 0.1) is 5.92 Å². The van der Waals surface area contributed by atoms with E-state index in [0.29, 0.717) is 10.2 Å². The summed E-state index contributed by atoms with van der Waals surface area (Å²) in [6.07, 6.45) is 0. The van der Waals surface area contributed by atoms with Crippen molar-refractivity contribution in [2.24, 2.45) is 11.7 Å². The summed E-state index contributed by atoms with van der Waals surface area (Å²) in [4.78, 5) is 22.5. The second kappa shape index (κ2) is 5.97. The van der Waals surface area contributed by atoms with Crippen LogP contribution in [0.15, 0.2) is 22.7 Å². The highest BCUT2D eigenvalue weighted by Crippen LogP contribution is 2.24. The van der Waals surface area contributed by atoms with E-state index in [0.717, 1.165) is 0 Å². The number of carbonyl (C=O) groups is 2. The molecule has 0 aromatic heterocycles. The molecular weight excluding hydrogens is 300 g/mol. The molecule has 0 aliphatic rings. The van der Waals surface area contributed by atoms with Crippen LogP contribution in [0.25, 0.3) is 0 Å². The fraction of sp³-hybridized carbons (Fsp3) is 0.333. The van der Waals surface area contributed by atoms with Crippen molar-refractivity contribution in [3.05, 3.63) is 28.2 Å². The highest BCUT2D eigenvalue weighted by molar-refractivity contribution is 9.10. The largest absolute Gasteiger partial charge is 0.478 e. The molecule has 4 N–H and O–H groups in total. The van der Waals surface area contributed by atoms with Gasteiger partial charge in [-0.3, -0.25) is 4.79 Å². The summed E-state index contributed by atoms with van der Waals surface area (Å²) in [5.41, 5.74) is 6.36. The van der Waals surface area contributed by atoms with Gasteiger partial charge in [-0.2, -0.15) is 0 Å². The number of carboxylic acid groups (broad SMARTS) is 1. The topological polar surface area (TPSA) is 92.4 Å². The normalized spacial score (nSPS) is 12.3. The lowest BCUT2D eigenvalue weighted by Crippen LogP contribution is -2.39. The van der Waals surface area contributed by atoms with Gasteiger partial charge in [-0.25, -0.2) is 4.79 Å².